The molecule has 0 amide bonds. The van der Waals surface area contributed by atoms with Gasteiger partial charge < -0.3 is 10.2 Å². The SMILES string of the molecule is CNC1CCC(C)(C)CC1N1CCN(C)CC1C. The van der Waals surface area contributed by atoms with Crippen molar-refractivity contribution >= 4 is 0 Å². The van der Waals surface area contributed by atoms with Gasteiger partial charge in [-0.2, -0.15) is 0 Å². The Kier molecular flexibility index (Phi) is 4.35. The topological polar surface area (TPSA) is 18.5 Å². The predicted octanol–water partition coefficient (Wildman–Crippen LogP) is 1.79. The van der Waals surface area contributed by atoms with Gasteiger partial charge in [-0.25, -0.2) is 0 Å². The third-order valence-corrected chi connectivity index (χ3v) is 5.04. The van der Waals surface area contributed by atoms with Crippen LogP contribution in [-0.2, 0) is 0 Å². The maximum absolute atomic E-state index is 3.57. The highest BCUT2D eigenvalue weighted by Gasteiger charge is 2.39. The fraction of sp³-hybridized carbons (Fsp3) is 1.00. The average molecular weight is 253 g/mol. The van der Waals surface area contributed by atoms with Crippen LogP contribution in [0.2, 0.25) is 0 Å². The Bertz CT molecular complexity index is 277. The summed E-state index contributed by atoms with van der Waals surface area (Å²) in [6, 6.07) is 2.10. The Morgan fingerprint density at radius 1 is 1.22 bits per heavy atom. The second kappa shape index (κ2) is 5.48. The summed E-state index contributed by atoms with van der Waals surface area (Å²) < 4.78 is 0. The zero-order chi connectivity index (χ0) is 13.3. The van der Waals surface area contributed by atoms with E-state index in [0.29, 0.717) is 17.5 Å². The van der Waals surface area contributed by atoms with E-state index in [1.165, 1.54) is 38.9 Å². The standard InChI is InChI=1S/C15H31N3/c1-12-11-17(5)8-9-18(12)14-10-15(2,3)7-6-13(14)16-4/h12-14,16H,6-11H2,1-5H3. The van der Waals surface area contributed by atoms with Gasteiger partial charge >= 0.3 is 0 Å². The summed E-state index contributed by atoms with van der Waals surface area (Å²) in [6.07, 6.45) is 4.02. The molecule has 2 fully saturated rings. The number of nitrogens with one attached hydrogen (secondary N) is 1. The molecule has 0 aromatic heterocycles. The van der Waals surface area contributed by atoms with Crippen LogP contribution >= 0.6 is 0 Å². The molecule has 3 heteroatoms. The summed E-state index contributed by atoms with van der Waals surface area (Å²) in [4.78, 5) is 5.23. The Morgan fingerprint density at radius 2 is 1.94 bits per heavy atom. The molecule has 1 aliphatic heterocycles. The summed E-state index contributed by atoms with van der Waals surface area (Å²) >= 11 is 0. The largest absolute Gasteiger partial charge is 0.315 e. The highest BCUT2D eigenvalue weighted by atomic mass is 15.3. The van der Waals surface area contributed by atoms with E-state index in [0.717, 1.165) is 6.04 Å². The minimum absolute atomic E-state index is 0.515. The molecular weight excluding hydrogens is 222 g/mol. The Balaban J connectivity index is 2.08. The third kappa shape index (κ3) is 3.06. The minimum Gasteiger partial charge on any atom is -0.315 e. The zero-order valence-corrected chi connectivity index (χ0v) is 12.9. The quantitative estimate of drug-likeness (QED) is 0.809. The molecule has 0 aromatic carbocycles. The van der Waals surface area contributed by atoms with Gasteiger partial charge in [-0.05, 0) is 45.7 Å². The molecule has 0 radical (unpaired) electrons. The monoisotopic (exact) mass is 253 g/mol. The summed E-state index contributed by atoms with van der Waals surface area (Å²) in [5, 5.41) is 3.57. The van der Waals surface area contributed by atoms with E-state index in [2.05, 4.69) is 50.0 Å². The van der Waals surface area contributed by atoms with Crippen molar-refractivity contribution in [2.45, 2.75) is 58.2 Å². The van der Waals surface area contributed by atoms with Crippen molar-refractivity contribution in [3.8, 4) is 0 Å². The lowest BCUT2D eigenvalue weighted by Gasteiger charge is -2.50. The van der Waals surface area contributed by atoms with E-state index in [1.807, 2.05) is 0 Å². The first-order valence-electron chi connectivity index (χ1n) is 7.54. The molecule has 3 nitrogen and oxygen atoms in total. The molecule has 1 aliphatic carbocycles. The summed E-state index contributed by atoms with van der Waals surface area (Å²) in [6.45, 7) is 10.9. The second-order valence-electron chi connectivity index (χ2n) is 7.22. The van der Waals surface area contributed by atoms with Crippen LogP contribution in [0.4, 0.5) is 0 Å². The smallest absolute Gasteiger partial charge is 0.0258 e. The van der Waals surface area contributed by atoms with Gasteiger partial charge in [-0.15, -0.1) is 0 Å². The average Bonchev–Trinajstić information content (AvgIpc) is 2.28. The van der Waals surface area contributed by atoms with Crippen molar-refractivity contribution in [2.75, 3.05) is 33.7 Å². The lowest BCUT2D eigenvalue weighted by molar-refractivity contribution is 0.00465. The number of piperazine rings is 1. The summed E-state index contributed by atoms with van der Waals surface area (Å²) in [5.41, 5.74) is 0.515. The maximum atomic E-state index is 3.57. The van der Waals surface area contributed by atoms with E-state index in [9.17, 15) is 0 Å². The van der Waals surface area contributed by atoms with Crippen molar-refractivity contribution in [3.63, 3.8) is 0 Å². The number of nitrogens with zero attached hydrogens (tertiary/aromatic N) is 2. The number of hydrogen-bond donors (Lipinski definition) is 1. The minimum atomic E-state index is 0.515. The normalized spacial score (nSPS) is 38.8. The van der Waals surface area contributed by atoms with E-state index in [4.69, 9.17) is 0 Å². The van der Waals surface area contributed by atoms with E-state index in [1.54, 1.807) is 0 Å². The maximum Gasteiger partial charge on any atom is 0.0258 e. The van der Waals surface area contributed by atoms with Crippen molar-refractivity contribution in [3.05, 3.63) is 0 Å². The van der Waals surface area contributed by atoms with Gasteiger partial charge in [-0.3, -0.25) is 4.90 Å². The first-order chi connectivity index (χ1) is 8.43. The molecule has 0 bridgehead atoms. The molecule has 1 saturated carbocycles. The predicted molar refractivity (Wildman–Crippen MR) is 77.9 cm³/mol. The Hall–Kier alpha value is -0.120. The molecule has 106 valence electrons. The highest BCUT2D eigenvalue weighted by Crippen LogP contribution is 2.38. The van der Waals surface area contributed by atoms with Crippen molar-refractivity contribution in [1.82, 2.24) is 15.1 Å². The number of likely N-dealkylation sites (N-methyl/N-ethyl adjacent to an activating group) is 2. The summed E-state index contributed by atoms with van der Waals surface area (Å²) in [7, 11) is 4.38. The molecule has 2 aliphatic rings. The van der Waals surface area contributed by atoms with Gasteiger partial charge in [0.15, 0.2) is 0 Å². The van der Waals surface area contributed by atoms with Crippen molar-refractivity contribution < 1.29 is 0 Å². The van der Waals surface area contributed by atoms with Crippen LogP contribution in [0.25, 0.3) is 0 Å². The lowest BCUT2D eigenvalue weighted by atomic mass is 9.72. The molecule has 2 rings (SSSR count). The van der Waals surface area contributed by atoms with Crippen molar-refractivity contribution in [2.24, 2.45) is 5.41 Å². The van der Waals surface area contributed by atoms with Crippen molar-refractivity contribution in [1.29, 1.82) is 0 Å². The number of hydrogen-bond acceptors (Lipinski definition) is 3. The van der Waals surface area contributed by atoms with Crippen LogP contribution < -0.4 is 5.32 Å². The van der Waals surface area contributed by atoms with E-state index >= 15 is 0 Å². The van der Waals surface area contributed by atoms with Gasteiger partial charge in [0, 0.05) is 37.8 Å². The molecular formula is C15H31N3. The molecule has 3 unspecified atom stereocenters. The lowest BCUT2D eigenvalue weighted by Crippen LogP contribution is -2.61. The molecule has 18 heavy (non-hydrogen) atoms. The van der Waals surface area contributed by atoms with Crippen LogP contribution in [0.15, 0.2) is 0 Å². The van der Waals surface area contributed by atoms with E-state index < -0.39 is 0 Å². The van der Waals surface area contributed by atoms with Gasteiger partial charge in [0.25, 0.3) is 0 Å². The highest BCUT2D eigenvalue weighted by molar-refractivity contribution is 4.96. The molecule has 0 aromatic rings. The number of rotatable bonds is 2. The van der Waals surface area contributed by atoms with Crippen LogP contribution in [-0.4, -0.2) is 61.7 Å². The van der Waals surface area contributed by atoms with Gasteiger partial charge in [0.1, 0.15) is 0 Å². The molecule has 0 spiro atoms. The first-order valence-corrected chi connectivity index (χ1v) is 7.54. The van der Waals surface area contributed by atoms with Crippen LogP contribution in [0, 0.1) is 5.41 Å². The Labute approximate surface area is 113 Å². The third-order valence-electron chi connectivity index (χ3n) is 5.04. The van der Waals surface area contributed by atoms with Gasteiger partial charge in [0.2, 0.25) is 0 Å². The molecule has 1 saturated heterocycles. The molecule has 1 N–H and O–H groups in total. The molecule has 3 atom stereocenters. The molecule has 1 heterocycles. The zero-order valence-electron chi connectivity index (χ0n) is 12.9. The Morgan fingerprint density at radius 3 is 2.56 bits per heavy atom. The summed E-state index contributed by atoms with van der Waals surface area (Å²) in [5.74, 6) is 0. The van der Waals surface area contributed by atoms with Crippen LogP contribution in [0.5, 0.6) is 0 Å². The fourth-order valence-electron chi connectivity index (χ4n) is 3.88. The van der Waals surface area contributed by atoms with E-state index in [-0.39, 0.29) is 0 Å². The second-order valence-corrected chi connectivity index (χ2v) is 7.22. The fourth-order valence-corrected chi connectivity index (χ4v) is 3.88. The van der Waals surface area contributed by atoms with Crippen LogP contribution in [0.1, 0.15) is 40.0 Å². The van der Waals surface area contributed by atoms with Crippen LogP contribution in [0.3, 0.4) is 0 Å². The van der Waals surface area contributed by atoms with Gasteiger partial charge in [0.05, 0.1) is 0 Å². The van der Waals surface area contributed by atoms with Gasteiger partial charge in [-0.1, -0.05) is 13.8 Å². The first kappa shape index (κ1) is 14.3.